The van der Waals surface area contributed by atoms with E-state index in [0.29, 0.717) is 47.1 Å². The van der Waals surface area contributed by atoms with Gasteiger partial charge in [-0.2, -0.15) is 10.1 Å². The first-order chi connectivity index (χ1) is 12.5. The van der Waals surface area contributed by atoms with Gasteiger partial charge in [-0.1, -0.05) is 24.6 Å². The molecule has 4 aromatic rings. The minimum Gasteiger partial charge on any atom is -0.422 e. The number of aromatic nitrogens is 6. The van der Waals surface area contributed by atoms with Gasteiger partial charge in [0, 0.05) is 24.0 Å². The molecule has 0 saturated heterocycles. The highest BCUT2D eigenvalue weighted by Gasteiger charge is 2.29. The first-order valence-electron chi connectivity index (χ1n) is 8.00. The fourth-order valence-electron chi connectivity index (χ4n) is 2.67. The van der Waals surface area contributed by atoms with E-state index in [1.165, 1.54) is 17.1 Å². The molecule has 0 saturated carbocycles. The Kier molecular flexibility index (Phi) is 4.53. The average molecular weight is 388 g/mol. The summed E-state index contributed by atoms with van der Waals surface area (Å²) in [4.78, 5) is 17.0. The summed E-state index contributed by atoms with van der Waals surface area (Å²) >= 11 is 4.13. The van der Waals surface area contributed by atoms with Crippen LogP contribution in [0.2, 0.25) is 0 Å². The molecule has 0 fully saturated rings. The van der Waals surface area contributed by atoms with Crippen molar-refractivity contribution in [3.05, 3.63) is 36.1 Å². The summed E-state index contributed by atoms with van der Waals surface area (Å²) in [5.41, 5.74) is 2.67. The van der Waals surface area contributed by atoms with Gasteiger partial charge in [0.1, 0.15) is 17.4 Å². The van der Waals surface area contributed by atoms with E-state index < -0.39 is 5.41 Å². The smallest absolute Gasteiger partial charge is 0.266 e. The maximum atomic E-state index is 5.79. The Balaban J connectivity index is 1.60. The Labute approximate surface area is 158 Å². The Hall–Kier alpha value is -2.20. The normalized spacial score (nSPS) is 12.3. The van der Waals surface area contributed by atoms with Crippen LogP contribution in [-0.4, -0.2) is 35.9 Å². The van der Waals surface area contributed by atoms with E-state index in [-0.39, 0.29) is 0 Å². The van der Waals surface area contributed by atoms with E-state index in [1.54, 1.807) is 6.20 Å². The molecule has 0 aliphatic heterocycles. The van der Waals surface area contributed by atoms with Gasteiger partial charge < -0.3 is 8.83 Å². The van der Waals surface area contributed by atoms with Crippen molar-refractivity contribution in [2.24, 2.45) is 0 Å². The standard InChI is InChI=1S/C16H16N6O2S2/c1-16(2,15-20-11-7-17-8-18-13(11)24-15)6-9-5-10-14(22-21-9)23-12(19-10)3-4-26-25/h5,7-8,25H,3-4,6H2,1-2H3. The zero-order valence-corrected chi connectivity index (χ0v) is 15.9. The van der Waals surface area contributed by atoms with Crippen LogP contribution in [-0.2, 0) is 18.3 Å². The number of aryl methyl sites for hydroxylation is 1. The van der Waals surface area contributed by atoms with E-state index in [4.69, 9.17) is 8.83 Å². The summed E-state index contributed by atoms with van der Waals surface area (Å²) in [5, 5.41) is 8.42. The Bertz CT molecular complexity index is 1030. The highest BCUT2D eigenvalue weighted by atomic mass is 33.1. The molecule has 10 heteroatoms. The van der Waals surface area contributed by atoms with Gasteiger partial charge in [0.25, 0.3) is 5.71 Å². The quantitative estimate of drug-likeness (QED) is 0.394. The second kappa shape index (κ2) is 6.84. The minimum absolute atomic E-state index is 0.391. The molecule has 4 aromatic heterocycles. The van der Waals surface area contributed by atoms with Crippen molar-refractivity contribution in [1.29, 1.82) is 0 Å². The van der Waals surface area contributed by atoms with E-state index in [0.717, 1.165) is 11.4 Å². The second-order valence-electron chi connectivity index (χ2n) is 6.51. The highest BCUT2D eigenvalue weighted by molar-refractivity contribution is 8.68. The zero-order chi connectivity index (χ0) is 18.1. The lowest BCUT2D eigenvalue weighted by atomic mass is 9.87. The van der Waals surface area contributed by atoms with Gasteiger partial charge in [-0.25, -0.2) is 15.0 Å². The number of hydrogen-bond donors (Lipinski definition) is 1. The molecular formula is C16H16N6O2S2. The van der Waals surface area contributed by atoms with Crippen LogP contribution in [0.1, 0.15) is 31.3 Å². The third kappa shape index (κ3) is 3.38. The van der Waals surface area contributed by atoms with E-state index >= 15 is 0 Å². The number of rotatable bonds is 6. The Morgan fingerprint density at radius 1 is 1.12 bits per heavy atom. The highest BCUT2D eigenvalue weighted by Crippen LogP contribution is 2.29. The fourth-order valence-corrected chi connectivity index (χ4v) is 3.20. The van der Waals surface area contributed by atoms with Crippen molar-refractivity contribution in [2.45, 2.75) is 32.1 Å². The van der Waals surface area contributed by atoms with E-state index in [2.05, 4.69) is 41.8 Å². The van der Waals surface area contributed by atoms with Crippen molar-refractivity contribution in [3.8, 4) is 0 Å². The van der Waals surface area contributed by atoms with Crippen LogP contribution in [0.15, 0.2) is 27.4 Å². The Morgan fingerprint density at radius 3 is 2.81 bits per heavy atom. The topological polar surface area (TPSA) is 104 Å². The lowest BCUT2D eigenvalue weighted by Crippen LogP contribution is -2.21. The molecule has 0 amide bonds. The summed E-state index contributed by atoms with van der Waals surface area (Å²) in [6, 6.07) is 1.90. The van der Waals surface area contributed by atoms with Crippen LogP contribution >= 0.6 is 22.5 Å². The monoisotopic (exact) mass is 388 g/mol. The third-order valence-corrected chi connectivity index (χ3v) is 4.87. The number of thiol groups is 1. The van der Waals surface area contributed by atoms with Crippen LogP contribution in [0.3, 0.4) is 0 Å². The summed E-state index contributed by atoms with van der Waals surface area (Å²) in [7, 11) is 1.45. The predicted octanol–water partition coefficient (Wildman–Crippen LogP) is 3.19. The molecule has 0 aliphatic rings. The lowest BCUT2D eigenvalue weighted by molar-refractivity contribution is 0.375. The molecule has 134 valence electrons. The van der Waals surface area contributed by atoms with Gasteiger partial charge in [-0.15, -0.1) is 16.8 Å². The number of oxazole rings is 2. The van der Waals surface area contributed by atoms with Crippen molar-refractivity contribution in [1.82, 2.24) is 30.1 Å². The van der Waals surface area contributed by atoms with Gasteiger partial charge in [0.2, 0.25) is 11.6 Å². The molecule has 0 atom stereocenters. The molecule has 0 spiro atoms. The van der Waals surface area contributed by atoms with Gasteiger partial charge >= 0.3 is 0 Å². The van der Waals surface area contributed by atoms with Crippen molar-refractivity contribution in [2.75, 3.05) is 5.75 Å². The SMILES string of the molecule is CC(C)(Cc1cc2nc(CCSS)oc2nn1)c1nc2cncnc2o1. The van der Waals surface area contributed by atoms with Crippen LogP contribution < -0.4 is 0 Å². The first kappa shape index (κ1) is 17.2. The Morgan fingerprint density at radius 2 is 2.00 bits per heavy atom. The molecule has 8 nitrogen and oxygen atoms in total. The molecule has 0 aliphatic carbocycles. The third-order valence-electron chi connectivity index (χ3n) is 3.93. The first-order valence-corrected chi connectivity index (χ1v) is 10.0. The second-order valence-corrected chi connectivity index (χ2v) is 7.95. The molecule has 4 rings (SSSR count). The summed E-state index contributed by atoms with van der Waals surface area (Å²) in [6.07, 6.45) is 4.37. The summed E-state index contributed by atoms with van der Waals surface area (Å²) < 4.78 is 11.4. The molecular weight excluding hydrogens is 372 g/mol. The molecule has 0 N–H and O–H groups in total. The molecule has 0 radical (unpaired) electrons. The fraction of sp³-hybridized carbons (Fsp3) is 0.375. The zero-order valence-electron chi connectivity index (χ0n) is 14.2. The molecule has 26 heavy (non-hydrogen) atoms. The number of nitrogens with zero attached hydrogens (tertiary/aromatic N) is 6. The van der Waals surface area contributed by atoms with E-state index in [9.17, 15) is 0 Å². The van der Waals surface area contributed by atoms with Crippen molar-refractivity contribution >= 4 is 44.9 Å². The van der Waals surface area contributed by atoms with E-state index in [1.807, 2.05) is 19.9 Å². The van der Waals surface area contributed by atoms with Gasteiger partial charge in [-0.3, -0.25) is 0 Å². The maximum Gasteiger partial charge on any atom is 0.266 e. The average Bonchev–Trinajstić information content (AvgIpc) is 3.23. The minimum atomic E-state index is -0.391. The van der Waals surface area contributed by atoms with Gasteiger partial charge in [0.15, 0.2) is 5.89 Å². The van der Waals surface area contributed by atoms with Crippen LogP contribution in [0, 0.1) is 0 Å². The van der Waals surface area contributed by atoms with Crippen LogP contribution in [0.4, 0.5) is 0 Å². The maximum absolute atomic E-state index is 5.79. The number of hydrogen-bond acceptors (Lipinski definition) is 10. The molecule has 4 heterocycles. The number of fused-ring (bicyclic) bond motifs is 2. The lowest BCUT2D eigenvalue weighted by Gasteiger charge is -2.19. The largest absolute Gasteiger partial charge is 0.422 e. The predicted molar refractivity (Wildman–Crippen MR) is 101 cm³/mol. The molecule has 0 bridgehead atoms. The van der Waals surface area contributed by atoms with Crippen LogP contribution in [0.5, 0.6) is 0 Å². The van der Waals surface area contributed by atoms with Gasteiger partial charge in [0.05, 0.1) is 11.9 Å². The molecule has 0 aromatic carbocycles. The van der Waals surface area contributed by atoms with Crippen molar-refractivity contribution in [3.63, 3.8) is 0 Å². The summed E-state index contributed by atoms with van der Waals surface area (Å²) in [6.45, 7) is 4.07. The van der Waals surface area contributed by atoms with Crippen molar-refractivity contribution < 1.29 is 8.83 Å². The molecule has 0 unspecified atom stereocenters. The summed E-state index contributed by atoms with van der Waals surface area (Å²) in [5.74, 6) is 2.05. The van der Waals surface area contributed by atoms with Crippen LogP contribution in [0.25, 0.3) is 22.5 Å². The van der Waals surface area contributed by atoms with Gasteiger partial charge in [-0.05, 0) is 6.07 Å².